The van der Waals surface area contributed by atoms with Gasteiger partial charge in [0.2, 0.25) is 5.37 Å². The predicted octanol–water partition coefficient (Wildman–Crippen LogP) is 3.72. The number of likely N-dealkylation sites (N-methyl/N-ethyl adjacent to an activating group) is 1. The van der Waals surface area contributed by atoms with E-state index in [0.29, 0.717) is 6.54 Å². The van der Waals surface area contributed by atoms with Crippen molar-refractivity contribution in [2.24, 2.45) is 0 Å². The van der Waals surface area contributed by atoms with Crippen LogP contribution in [-0.2, 0) is 14.9 Å². The Morgan fingerprint density at radius 3 is 1.81 bits per heavy atom. The van der Waals surface area contributed by atoms with Gasteiger partial charge in [-0.1, -0.05) is 71.6 Å². The fourth-order valence-electron chi connectivity index (χ4n) is 3.43. The van der Waals surface area contributed by atoms with Gasteiger partial charge in [-0.25, -0.2) is 0 Å². The SMILES string of the molecule is CCCCCCCCCCCCNC(=O)C[N+](C)(C)C(CC)S(=O)(=O)O. The molecule has 0 spiro atoms. The summed E-state index contributed by atoms with van der Waals surface area (Å²) in [6.45, 7) is 4.59. The second-order valence-electron chi connectivity index (χ2n) is 7.85. The first-order valence-corrected chi connectivity index (χ1v) is 11.7. The Labute approximate surface area is 161 Å². The monoisotopic (exact) mass is 393 g/mol. The molecule has 0 radical (unpaired) electrons. The van der Waals surface area contributed by atoms with E-state index >= 15 is 0 Å². The second kappa shape index (κ2) is 13.5. The predicted molar refractivity (Wildman–Crippen MR) is 107 cm³/mol. The summed E-state index contributed by atoms with van der Waals surface area (Å²) in [4.78, 5) is 12.1. The molecule has 26 heavy (non-hydrogen) atoms. The molecule has 1 atom stereocenters. The highest BCUT2D eigenvalue weighted by molar-refractivity contribution is 7.86. The number of hydrogen-bond acceptors (Lipinski definition) is 3. The molecule has 0 saturated carbocycles. The Morgan fingerprint density at radius 2 is 1.38 bits per heavy atom. The van der Waals surface area contributed by atoms with Gasteiger partial charge in [0.05, 0.1) is 14.1 Å². The van der Waals surface area contributed by atoms with Crippen LogP contribution in [0.1, 0.15) is 84.5 Å². The minimum Gasteiger partial charge on any atom is -0.351 e. The van der Waals surface area contributed by atoms with Gasteiger partial charge in [0.15, 0.2) is 6.54 Å². The standard InChI is InChI=1S/C19H40N2O4S/c1-5-7-8-9-10-11-12-13-14-15-16-20-18(22)17-21(3,4)19(6-2)26(23,24)25/h19H,5-17H2,1-4H3,(H-,20,22,23,24,25)/p+1. The van der Waals surface area contributed by atoms with Crippen molar-refractivity contribution in [3.8, 4) is 0 Å². The molecule has 0 aliphatic heterocycles. The minimum absolute atomic E-state index is 0.0378. The third-order valence-electron chi connectivity index (χ3n) is 4.88. The van der Waals surface area contributed by atoms with Gasteiger partial charge in [0, 0.05) is 13.0 Å². The average Bonchev–Trinajstić information content (AvgIpc) is 2.50. The highest BCUT2D eigenvalue weighted by Crippen LogP contribution is 2.16. The first-order valence-electron chi connectivity index (χ1n) is 10.2. The van der Waals surface area contributed by atoms with Crippen LogP contribution in [0.3, 0.4) is 0 Å². The lowest BCUT2D eigenvalue weighted by Gasteiger charge is -2.34. The Kier molecular flexibility index (Phi) is 13.2. The number of nitrogens with zero attached hydrogens (tertiary/aromatic N) is 1. The lowest BCUT2D eigenvalue weighted by Crippen LogP contribution is -2.56. The molecule has 0 aliphatic rings. The summed E-state index contributed by atoms with van der Waals surface area (Å²) in [5, 5.41) is 1.88. The van der Waals surface area contributed by atoms with Crippen LogP contribution in [0.15, 0.2) is 0 Å². The van der Waals surface area contributed by atoms with E-state index in [0.717, 1.165) is 12.8 Å². The quantitative estimate of drug-likeness (QED) is 0.238. The number of nitrogens with one attached hydrogen (secondary N) is 1. The van der Waals surface area contributed by atoms with E-state index in [9.17, 15) is 17.8 Å². The molecule has 2 N–H and O–H groups in total. The maximum atomic E-state index is 12.1. The summed E-state index contributed by atoms with van der Waals surface area (Å²) in [7, 11) is -0.862. The van der Waals surface area contributed by atoms with Crippen molar-refractivity contribution in [2.45, 2.75) is 89.9 Å². The van der Waals surface area contributed by atoms with Crippen LogP contribution in [0.25, 0.3) is 0 Å². The van der Waals surface area contributed by atoms with Crippen molar-refractivity contribution >= 4 is 16.0 Å². The maximum Gasteiger partial charge on any atom is 0.319 e. The van der Waals surface area contributed by atoms with Crippen LogP contribution in [-0.4, -0.2) is 55.9 Å². The fourth-order valence-corrected chi connectivity index (χ4v) is 4.65. The summed E-state index contributed by atoms with van der Waals surface area (Å²) in [5.41, 5.74) is 0. The Bertz CT molecular complexity index is 478. The number of quaternary nitrogens is 1. The molecule has 156 valence electrons. The molecule has 0 saturated heterocycles. The van der Waals surface area contributed by atoms with Crippen molar-refractivity contribution in [3.05, 3.63) is 0 Å². The van der Waals surface area contributed by atoms with Gasteiger partial charge < -0.3 is 9.80 Å². The number of amides is 1. The zero-order valence-electron chi connectivity index (χ0n) is 17.3. The topological polar surface area (TPSA) is 83.5 Å². The van der Waals surface area contributed by atoms with E-state index < -0.39 is 15.5 Å². The van der Waals surface area contributed by atoms with Gasteiger partial charge >= 0.3 is 10.1 Å². The van der Waals surface area contributed by atoms with Crippen LogP contribution < -0.4 is 5.32 Å². The van der Waals surface area contributed by atoms with Crippen LogP contribution in [0.4, 0.5) is 0 Å². The molecule has 0 heterocycles. The Hall–Kier alpha value is -0.660. The highest BCUT2D eigenvalue weighted by atomic mass is 32.2. The van der Waals surface area contributed by atoms with Gasteiger partial charge in [0.25, 0.3) is 5.91 Å². The minimum atomic E-state index is -4.17. The van der Waals surface area contributed by atoms with Crippen LogP contribution in [0.2, 0.25) is 0 Å². The molecule has 6 nitrogen and oxygen atoms in total. The smallest absolute Gasteiger partial charge is 0.319 e. The van der Waals surface area contributed by atoms with Gasteiger partial charge in [-0.15, -0.1) is 0 Å². The fraction of sp³-hybridized carbons (Fsp3) is 0.947. The van der Waals surface area contributed by atoms with E-state index in [1.807, 2.05) is 0 Å². The van der Waals surface area contributed by atoms with Gasteiger partial charge in [-0.05, 0) is 6.42 Å². The van der Waals surface area contributed by atoms with Crippen LogP contribution in [0, 0.1) is 0 Å². The van der Waals surface area contributed by atoms with Crippen molar-refractivity contribution < 1.29 is 22.2 Å². The summed E-state index contributed by atoms with van der Waals surface area (Å²) in [6, 6.07) is 0. The molecule has 1 amide bonds. The molecule has 0 aromatic carbocycles. The zero-order valence-corrected chi connectivity index (χ0v) is 18.1. The molecule has 0 aromatic heterocycles. The third-order valence-corrected chi connectivity index (χ3v) is 6.47. The summed E-state index contributed by atoms with van der Waals surface area (Å²) in [6.07, 6.45) is 12.7. The van der Waals surface area contributed by atoms with Crippen molar-refractivity contribution in [1.82, 2.24) is 5.32 Å². The van der Waals surface area contributed by atoms with Gasteiger partial charge in [-0.2, -0.15) is 8.42 Å². The molecule has 0 aliphatic carbocycles. The first kappa shape index (κ1) is 25.3. The Balaban J connectivity index is 3.83. The molecular weight excluding hydrogens is 352 g/mol. The summed E-state index contributed by atoms with van der Waals surface area (Å²) < 4.78 is 32.2. The van der Waals surface area contributed by atoms with Crippen LogP contribution >= 0.6 is 0 Å². The lowest BCUT2D eigenvalue weighted by atomic mass is 10.1. The first-order chi connectivity index (χ1) is 12.1. The van der Waals surface area contributed by atoms with E-state index in [4.69, 9.17) is 0 Å². The third kappa shape index (κ3) is 11.9. The number of carbonyl (C=O) groups excluding carboxylic acids is 1. The Morgan fingerprint density at radius 1 is 0.923 bits per heavy atom. The molecule has 0 bridgehead atoms. The normalized spacial score (nSPS) is 13.6. The van der Waals surface area contributed by atoms with E-state index in [2.05, 4.69) is 12.2 Å². The highest BCUT2D eigenvalue weighted by Gasteiger charge is 2.38. The number of carbonyl (C=O) groups is 1. The van der Waals surface area contributed by atoms with E-state index in [-0.39, 0.29) is 23.4 Å². The van der Waals surface area contributed by atoms with Gasteiger partial charge in [0.1, 0.15) is 0 Å². The average molecular weight is 394 g/mol. The molecule has 0 aromatic rings. The van der Waals surface area contributed by atoms with E-state index in [1.54, 1.807) is 21.0 Å². The molecule has 1 unspecified atom stereocenters. The molecule has 0 rings (SSSR count). The summed E-state index contributed by atoms with van der Waals surface area (Å²) >= 11 is 0. The lowest BCUT2D eigenvalue weighted by molar-refractivity contribution is -0.894. The molecular formula is C19H41N2O4S+. The van der Waals surface area contributed by atoms with E-state index in [1.165, 1.54) is 51.4 Å². The largest absolute Gasteiger partial charge is 0.351 e. The molecule has 0 fully saturated rings. The second-order valence-corrected chi connectivity index (χ2v) is 9.42. The van der Waals surface area contributed by atoms with Gasteiger partial charge in [-0.3, -0.25) is 9.35 Å². The number of unbranched alkanes of at least 4 members (excludes halogenated alkanes) is 9. The van der Waals surface area contributed by atoms with Crippen molar-refractivity contribution in [3.63, 3.8) is 0 Å². The maximum absolute atomic E-state index is 12.1. The molecule has 7 heteroatoms. The van der Waals surface area contributed by atoms with Crippen molar-refractivity contribution in [2.75, 3.05) is 27.2 Å². The summed E-state index contributed by atoms with van der Waals surface area (Å²) in [5.74, 6) is -0.173. The van der Waals surface area contributed by atoms with Crippen LogP contribution in [0.5, 0.6) is 0 Å². The number of hydrogen-bond donors (Lipinski definition) is 2. The number of rotatable bonds is 16. The van der Waals surface area contributed by atoms with Crippen molar-refractivity contribution in [1.29, 1.82) is 0 Å². The zero-order chi connectivity index (χ0) is 20.1.